The van der Waals surface area contributed by atoms with E-state index in [-0.39, 0.29) is 0 Å². The number of esters is 1. The highest BCUT2D eigenvalue weighted by Gasteiger charge is 2.10. The molecule has 0 spiro atoms. The molecule has 0 atom stereocenters. The topological polar surface area (TPSA) is 70.8 Å². The molecule has 30 heavy (non-hydrogen) atoms. The van der Waals surface area contributed by atoms with Crippen molar-refractivity contribution >= 4 is 23.1 Å². The second-order valence-electron chi connectivity index (χ2n) is 6.38. The molecule has 0 radical (unpaired) electrons. The Bertz CT molecular complexity index is 1210. The molecular weight excluding hydrogens is 382 g/mol. The highest BCUT2D eigenvalue weighted by atomic mass is 16.5. The van der Waals surface area contributed by atoms with E-state index in [2.05, 4.69) is 4.98 Å². The molecule has 6 heteroatoms. The normalized spacial score (nSPS) is 11.0. The zero-order valence-electron chi connectivity index (χ0n) is 16.5. The predicted octanol–water partition coefficient (Wildman–Crippen LogP) is 5.13. The Morgan fingerprint density at radius 1 is 0.933 bits per heavy atom. The lowest BCUT2D eigenvalue weighted by molar-refractivity contribution is -0.128. The molecule has 0 saturated carbocycles. The molecule has 6 nitrogen and oxygen atoms in total. The maximum absolute atomic E-state index is 12.3. The van der Waals surface area contributed by atoms with E-state index in [0.29, 0.717) is 39.8 Å². The largest absolute Gasteiger partial charge is 0.497 e. The van der Waals surface area contributed by atoms with Crippen LogP contribution < -0.4 is 14.2 Å². The molecule has 0 saturated heterocycles. The molecule has 4 rings (SSSR count). The van der Waals surface area contributed by atoms with E-state index in [1.54, 1.807) is 56.7 Å². The van der Waals surface area contributed by atoms with E-state index in [1.807, 2.05) is 30.3 Å². The molecule has 0 aliphatic carbocycles. The van der Waals surface area contributed by atoms with Crippen LogP contribution in [-0.2, 0) is 4.79 Å². The van der Waals surface area contributed by atoms with Crippen LogP contribution >= 0.6 is 0 Å². The second-order valence-corrected chi connectivity index (χ2v) is 6.38. The van der Waals surface area contributed by atoms with Gasteiger partial charge in [-0.25, -0.2) is 9.78 Å². The summed E-state index contributed by atoms with van der Waals surface area (Å²) in [5, 5.41) is 0. The van der Waals surface area contributed by atoms with E-state index >= 15 is 0 Å². The smallest absolute Gasteiger partial charge is 0.336 e. The van der Waals surface area contributed by atoms with Gasteiger partial charge in [0.1, 0.15) is 22.8 Å². The molecule has 4 aromatic rings. The van der Waals surface area contributed by atoms with Gasteiger partial charge in [-0.15, -0.1) is 0 Å². The summed E-state index contributed by atoms with van der Waals surface area (Å²) < 4.78 is 21.7. The van der Waals surface area contributed by atoms with Gasteiger partial charge >= 0.3 is 5.97 Å². The Balaban J connectivity index is 1.51. The highest BCUT2D eigenvalue weighted by molar-refractivity contribution is 5.90. The lowest BCUT2D eigenvalue weighted by Gasteiger charge is -2.07. The first kappa shape index (κ1) is 19.3. The first-order valence-corrected chi connectivity index (χ1v) is 9.24. The van der Waals surface area contributed by atoms with Gasteiger partial charge in [0.2, 0.25) is 5.89 Å². The third-order valence-corrected chi connectivity index (χ3v) is 4.43. The number of nitrogens with zero attached hydrogens (tertiary/aromatic N) is 1. The summed E-state index contributed by atoms with van der Waals surface area (Å²) in [7, 11) is 3.14. The monoisotopic (exact) mass is 401 g/mol. The summed E-state index contributed by atoms with van der Waals surface area (Å²) in [5.41, 5.74) is 2.80. The fraction of sp³-hybridized carbons (Fsp3) is 0.0833. The fourth-order valence-electron chi connectivity index (χ4n) is 2.95. The number of carbonyl (C=O) groups excluding carboxylic acids is 1. The van der Waals surface area contributed by atoms with Crippen LogP contribution in [0.3, 0.4) is 0 Å². The molecule has 0 aliphatic heterocycles. The van der Waals surface area contributed by atoms with Gasteiger partial charge < -0.3 is 18.6 Å². The first-order valence-electron chi connectivity index (χ1n) is 9.24. The highest BCUT2D eigenvalue weighted by Crippen LogP contribution is 2.28. The summed E-state index contributed by atoms with van der Waals surface area (Å²) >= 11 is 0. The van der Waals surface area contributed by atoms with Gasteiger partial charge in [0, 0.05) is 23.3 Å². The number of hydrogen-bond acceptors (Lipinski definition) is 6. The Kier molecular flexibility index (Phi) is 5.48. The minimum atomic E-state index is -0.526. The number of benzene rings is 3. The number of oxazole rings is 1. The number of aromatic nitrogens is 1. The number of carbonyl (C=O) groups is 1. The van der Waals surface area contributed by atoms with Crippen LogP contribution in [0.15, 0.2) is 77.2 Å². The summed E-state index contributed by atoms with van der Waals surface area (Å²) in [6, 6.07) is 20.0. The van der Waals surface area contributed by atoms with Crippen molar-refractivity contribution in [1.29, 1.82) is 0 Å². The van der Waals surface area contributed by atoms with Crippen LogP contribution in [0.1, 0.15) is 5.56 Å². The van der Waals surface area contributed by atoms with E-state index in [4.69, 9.17) is 18.6 Å². The third kappa shape index (κ3) is 4.17. The zero-order chi connectivity index (χ0) is 20.9. The van der Waals surface area contributed by atoms with E-state index in [1.165, 1.54) is 6.08 Å². The number of rotatable bonds is 6. The second kappa shape index (κ2) is 8.53. The van der Waals surface area contributed by atoms with Crippen LogP contribution in [0.2, 0.25) is 0 Å². The summed E-state index contributed by atoms with van der Waals surface area (Å²) in [6.45, 7) is 0. The average Bonchev–Trinajstić information content (AvgIpc) is 3.21. The van der Waals surface area contributed by atoms with Crippen molar-refractivity contribution in [2.24, 2.45) is 0 Å². The molecule has 0 amide bonds. The summed E-state index contributed by atoms with van der Waals surface area (Å²) in [6.07, 6.45) is 2.95. The Morgan fingerprint density at radius 2 is 1.73 bits per heavy atom. The molecular formula is C24H19NO5. The van der Waals surface area contributed by atoms with E-state index in [9.17, 15) is 4.79 Å². The van der Waals surface area contributed by atoms with Crippen LogP contribution in [0.25, 0.3) is 28.6 Å². The van der Waals surface area contributed by atoms with Crippen molar-refractivity contribution in [3.63, 3.8) is 0 Å². The Hall–Kier alpha value is -4.06. The van der Waals surface area contributed by atoms with Crippen molar-refractivity contribution in [1.82, 2.24) is 4.98 Å². The van der Waals surface area contributed by atoms with Crippen molar-refractivity contribution < 1.29 is 23.4 Å². The maximum Gasteiger partial charge on any atom is 0.336 e. The molecule has 150 valence electrons. The van der Waals surface area contributed by atoms with Gasteiger partial charge in [0.05, 0.1) is 14.2 Å². The maximum atomic E-state index is 12.3. The average molecular weight is 401 g/mol. The molecule has 3 aromatic carbocycles. The van der Waals surface area contributed by atoms with Crippen molar-refractivity contribution in [2.45, 2.75) is 0 Å². The molecule has 0 unspecified atom stereocenters. The van der Waals surface area contributed by atoms with Crippen LogP contribution in [0, 0.1) is 0 Å². The number of ether oxygens (including phenoxy) is 3. The number of hydrogen-bond donors (Lipinski definition) is 0. The van der Waals surface area contributed by atoms with Crippen molar-refractivity contribution in [3.8, 4) is 28.7 Å². The minimum absolute atomic E-state index is 0.366. The van der Waals surface area contributed by atoms with Gasteiger partial charge in [-0.3, -0.25) is 0 Å². The standard InChI is InChI=1S/C24H19NO5/c1-27-18-10-12-21(28-2)17(14-18)8-13-23(26)29-19-9-11-20-22(15-19)30-24(25-20)16-6-4-3-5-7-16/h3-15H,1-2H3/b13-8+. The number of fused-ring (bicyclic) bond motifs is 1. The Labute approximate surface area is 173 Å². The molecule has 1 heterocycles. The Morgan fingerprint density at radius 3 is 2.50 bits per heavy atom. The van der Waals surface area contributed by atoms with Gasteiger partial charge in [0.15, 0.2) is 5.58 Å². The van der Waals surface area contributed by atoms with E-state index in [0.717, 1.165) is 5.56 Å². The van der Waals surface area contributed by atoms with E-state index < -0.39 is 5.97 Å². The van der Waals surface area contributed by atoms with Crippen molar-refractivity contribution in [3.05, 3.63) is 78.4 Å². The SMILES string of the molecule is COc1ccc(OC)c(/C=C/C(=O)Oc2ccc3nc(-c4ccccc4)oc3c2)c1. The lowest BCUT2D eigenvalue weighted by Crippen LogP contribution is -2.03. The van der Waals surface area contributed by atoms with Crippen LogP contribution in [0.5, 0.6) is 17.2 Å². The first-order chi connectivity index (χ1) is 14.7. The molecule has 1 aromatic heterocycles. The molecule has 0 fully saturated rings. The fourth-order valence-corrected chi connectivity index (χ4v) is 2.95. The predicted molar refractivity (Wildman–Crippen MR) is 114 cm³/mol. The quantitative estimate of drug-likeness (QED) is 0.253. The molecule has 0 aliphatic rings. The van der Waals surface area contributed by atoms with Gasteiger partial charge in [-0.2, -0.15) is 0 Å². The summed E-state index contributed by atoms with van der Waals surface area (Å²) in [5.74, 6) is 1.64. The number of methoxy groups -OCH3 is 2. The van der Waals surface area contributed by atoms with Crippen LogP contribution in [0.4, 0.5) is 0 Å². The van der Waals surface area contributed by atoms with Gasteiger partial charge in [-0.05, 0) is 48.5 Å². The van der Waals surface area contributed by atoms with Crippen LogP contribution in [-0.4, -0.2) is 25.2 Å². The van der Waals surface area contributed by atoms with Gasteiger partial charge in [-0.1, -0.05) is 18.2 Å². The summed E-state index contributed by atoms with van der Waals surface area (Å²) in [4.78, 5) is 16.7. The molecule has 0 N–H and O–H groups in total. The lowest BCUT2D eigenvalue weighted by atomic mass is 10.1. The van der Waals surface area contributed by atoms with Crippen molar-refractivity contribution in [2.75, 3.05) is 14.2 Å². The zero-order valence-corrected chi connectivity index (χ0v) is 16.5. The minimum Gasteiger partial charge on any atom is -0.497 e. The molecule has 0 bridgehead atoms. The van der Waals surface area contributed by atoms with Gasteiger partial charge in [0.25, 0.3) is 0 Å². The third-order valence-electron chi connectivity index (χ3n) is 4.43.